The minimum absolute atomic E-state index is 0.106. The maximum atomic E-state index is 13.0. The summed E-state index contributed by atoms with van der Waals surface area (Å²) in [6.45, 7) is 4.79. The Bertz CT molecular complexity index is 1570. The van der Waals surface area contributed by atoms with Gasteiger partial charge in [-0.15, -0.1) is 0 Å². The van der Waals surface area contributed by atoms with Gasteiger partial charge in [0.05, 0.1) is 26.4 Å². The number of hydrogen-bond acceptors (Lipinski definition) is 15. The van der Waals surface area contributed by atoms with Gasteiger partial charge in [0, 0.05) is 25.7 Å². The van der Waals surface area contributed by atoms with Gasteiger partial charge in [-0.3, -0.25) is 37.3 Å². The van der Waals surface area contributed by atoms with Crippen molar-refractivity contribution in [3.63, 3.8) is 0 Å². The van der Waals surface area contributed by atoms with E-state index in [1.165, 1.54) is 141 Å². The normalized spacial score (nSPS) is 14.2. The number of aliphatic hydroxyl groups excluding tert-OH is 1. The van der Waals surface area contributed by atoms with Crippen molar-refractivity contribution in [1.29, 1.82) is 0 Å². The molecular formula is C62H120O17P2. The third-order valence-corrected chi connectivity index (χ3v) is 16.3. The molecule has 0 fully saturated rings. The molecule has 0 saturated carbocycles. The van der Waals surface area contributed by atoms with Crippen molar-refractivity contribution in [2.75, 3.05) is 39.6 Å². The number of carbonyl (C=O) groups excluding carboxylic acids is 4. The molecule has 0 aromatic heterocycles. The van der Waals surface area contributed by atoms with E-state index < -0.39 is 97.5 Å². The Morgan fingerprint density at radius 3 is 0.728 bits per heavy atom. The van der Waals surface area contributed by atoms with Gasteiger partial charge in [-0.25, -0.2) is 9.13 Å². The number of phosphoric acid groups is 2. The molecule has 17 nitrogen and oxygen atoms in total. The first-order valence-corrected chi connectivity index (χ1v) is 35.8. The number of rotatable bonds is 63. The molecule has 0 aromatic rings. The van der Waals surface area contributed by atoms with Crippen LogP contribution in [-0.2, 0) is 65.4 Å². The summed E-state index contributed by atoms with van der Waals surface area (Å²) in [7, 11) is -9.87. The number of ether oxygens (including phenoxy) is 4. The van der Waals surface area contributed by atoms with Crippen LogP contribution in [0.4, 0.5) is 0 Å². The molecule has 0 heterocycles. The summed E-state index contributed by atoms with van der Waals surface area (Å²) in [5.74, 6) is -2.14. The molecule has 2 unspecified atom stereocenters. The van der Waals surface area contributed by atoms with E-state index in [-0.39, 0.29) is 25.7 Å². The van der Waals surface area contributed by atoms with Crippen molar-refractivity contribution < 1.29 is 80.2 Å². The topological polar surface area (TPSA) is 237 Å². The predicted octanol–water partition coefficient (Wildman–Crippen LogP) is 17.2. The van der Waals surface area contributed by atoms with E-state index in [1.54, 1.807) is 0 Å². The maximum Gasteiger partial charge on any atom is 0.472 e. The fourth-order valence-electron chi connectivity index (χ4n) is 9.28. The van der Waals surface area contributed by atoms with Crippen LogP contribution in [-0.4, -0.2) is 96.7 Å². The lowest BCUT2D eigenvalue weighted by Gasteiger charge is -2.21. The van der Waals surface area contributed by atoms with E-state index in [2.05, 4.69) is 27.7 Å². The third kappa shape index (κ3) is 56.9. The van der Waals surface area contributed by atoms with Crippen LogP contribution in [0, 0.1) is 0 Å². The van der Waals surface area contributed by atoms with Crippen LogP contribution in [0.2, 0.25) is 0 Å². The summed E-state index contributed by atoms with van der Waals surface area (Å²) in [6, 6.07) is 0. The molecular weight excluding hydrogens is 1080 g/mol. The van der Waals surface area contributed by atoms with E-state index in [0.717, 1.165) is 96.3 Å². The van der Waals surface area contributed by atoms with E-state index in [1.807, 2.05) is 0 Å². The smallest absolute Gasteiger partial charge is 0.462 e. The molecule has 0 aliphatic carbocycles. The molecule has 0 aromatic carbocycles. The SMILES string of the molecule is CCCCCCCCCCCCCCCC(=O)OC[C@H](COP(=O)(O)OC[C@@H](O)COP(=O)(O)OC[C@@H](COC(=O)CCCCCCC)OC(=O)CCCCCCCCCCCC)OC(=O)CCCCCCCCCCCCCCC. The van der Waals surface area contributed by atoms with Gasteiger partial charge in [0.15, 0.2) is 12.2 Å². The van der Waals surface area contributed by atoms with E-state index >= 15 is 0 Å². The first kappa shape index (κ1) is 79.1. The van der Waals surface area contributed by atoms with Crippen LogP contribution in [0.3, 0.4) is 0 Å². The fourth-order valence-corrected chi connectivity index (χ4v) is 10.9. The molecule has 5 atom stereocenters. The molecule has 0 radical (unpaired) electrons. The minimum Gasteiger partial charge on any atom is -0.462 e. The van der Waals surface area contributed by atoms with E-state index in [9.17, 15) is 43.2 Å². The molecule has 0 spiro atoms. The molecule has 19 heteroatoms. The van der Waals surface area contributed by atoms with Gasteiger partial charge < -0.3 is 33.8 Å². The zero-order valence-corrected chi connectivity index (χ0v) is 53.5. The van der Waals surface area contributed by atoms with Crippen molar-refractivity contribution in [2.45, 2.75) is 335 Å². The van der Waals surface area contributed by atoms with Gasteiger partial charge in [0.1, 0.15) is 19.3 Å². The van der Waals surface area contributed by atoms with Crippen molar-refractivity contribution in [1.82, 2.24) is 0 Å². The number of aliphatic hydroxyl groups is 1. The molecule has 0 aliphatic heterocycles. The van der Waals surface area contributed by atoms with Crippen molar-refractivity contribution in [2.24, 2.45) is 0 Å². The Kier molecular flexibility index (Phi) is 55.8. The zero-order chi connectivity index (χ0) is 59.8. The summed E-state index contributed by atoms with van der Waals surface area (Å²) in [5.41, 5.74) is 0. The second-order valence-corrected chi connectivity index (χ2v) is 25.4. The number of esters is 4. The van der Waals surface area contributed by atoms with Crippen molar-refractivity contribution in [3.8, 4) is 0 Å². The first-order chi connectivity index (χ1) is 39.2. The van der Waals surface area contributed by atoms with Gasteiger partial charge >= 0.3 is 39.5 Å². The molecule has 0 aliphatic rings. The quantitative estimate of drug-likeness (QED) is 0.0222. The zero-order valence-electron chi connectivity index (χ0n) is 51.7. The van der Waals surface area contributed by atoms with E-state index in [0.29, 0.717) is 25.7 Å². The molecule has 0 saturated heterocycles. The summed E-state index contributed by atoms with van der Waals surface area (Å²) in [5, 5.41) is 10.5. The Labute approximate surface area is 492 Å². The lowest BCUT2D eigenvalue weighted by molar-refractivity contribution is -0.161. The first-order valence-electron chi connectivity index (χ1n) is 32.8. The Morgan fingerprint density at radius 1 is 0.296 bits per heavy atom. The largest absolute Gasteiger partial charge is 0.472 e. The molecule has 0 bridgehead atoms. The summed E-state index contributed by atoms with van der Waals surface area (Å²) in [4.78, 5) is 71.9. The molecule has 81 heavy (non-hydrogen) atoms. The van der Waals surface area contributed by atoms with E-state index in [4.69, 9.17) is 37.0 Å². The lowest BCUT2D eigenvalue weighted by atomic mass is 10.0. The number of carbonyl (C=O) groups is 4. The second kappa shape index (κ2) is 57.2. The standard InChI is InChI=1S/C62H120O17P2/c1-5-9-13-17-20-23-26-28-30-33-35-39-43-47-60(65)73-53-58(79-62(67)49-45-41-37-34-31-29-27-24-21-18-14-10-6-2)55-77-81(70,71)75-51-56(63)50-74-80(68,69)76-54-57(52-72-59(64)46-42-38-16-12-8-4)78-61(66)48-44-40-36-32-25-22-19-15-11-7-3/h56-58,63H,5-55H2,1-4H3,(H,68,69)(H,70,71)/t56-,57+,58+/m0/s1. The number of unbranched alkanes of at least 4 members (excludes halogenated alkanes) is 37. The van der Waals surface area contributed by atoms with Crippen molar-refractivity contribution in [3.05, 3.63) is 0 Å². The van der Waals surface area contributed by atoms with Crippen LogP contribution in [0.1, 0.15) is 317 Å². The second-order valence-electron chi connectivity index (χ2n) is 22.4. The highest BCUT2D eigenvalue weighted by atomic mass is 31.2. The monoisotopic (exact) mass is 1200 g/mol. The van der Waals surface area contributed by atoms with Crippen LogP contribution in [0.25, 0.3) is 0 Å². The average Bonchev–Trinajstić information content (AvgIpc) is 3.44. The lowest BCUT2D eigenvalue weighted by Crippen LogP contribution is -2.30. The highest BCUT2D eigenvalue weighted by molar-refractivity contribution is 7.47. The van der Waals surface area contributed by atoms with Gasteiger partial charge in [0.25, 0.3) is 0 Å². The summed E-state index contributed by atoms with van der Waals surface area (Å²) in [6.07, 6.45) is 41.9. The maximum absolute atomic E-state index is 13.0. The minimum atomic E-state index is -4.94. The predicted molar refractivity (Wildman–Crippen MR) is 322 cm³/mol. The summed E-state index contributed by atoms with van der Waals surface area (Å²) >= 11 is 0. The molecule has 0 rings (SSSR count). The Morgan fingerprint density at radius 2 is 0.494 bits per heavy atom. The van der Waals surface area contributed by atoms with Crippen LogP contribution in [0.15, 0.2) is 0 Å². The van der Waals surface area contributed by atoms with Gasteiger partial charge in [-0.2, -0.15) is 0 Å². The highest BCUT2D eigenvalue weighted by Gasteiger charge is 2.30. The van der Waals surface area contributed by atoms with Crippen LogP contribution in [0.5, 0.6) is 0 Å². The average molecular weight is 1200 g/mol. The van der Waals surface area contributed by atoms with Gasteiger partial charge in [0.2, 0.25) is 0 Å². The van der Waals surface area contributed by atoms with Gasteiger partial charge in [-0.1, -0.05) is 265 Å². The highest BCUT2D eigenvalue weighted by Crippen LogP contribution is 2.45. The third-order valence-electron chi connectivity index (χ3n) is 14.4. The molecule has 0 amide bonds. The number of phosphoric ester groups is 2. The summed E-state index contributed by atoms with van der Waals surface area (Å²) < 4.78 is 67.7. The van der Waals surface area contributed by atoms with Crippen LogP contribution < -0.4 is 0 Å². The molecule has 3 N–H and O–H groups in total. The Balaban J connectivity index is 5.17. The fraction of sp³-hybridized carbons (Fsp3) is 0.935. The van der Waals surface area contributed by atoms with Crippen LogP contribution >= 0.6 is 15.6 Å². The molecule has 480 valence electrons. The van der Waals surface area contributed by atoms with Crippen molar-refractivity contribution >= 4 is 39.5 Å². The Hall–Kier alpha value is -1.94. The van der Waals surface area contributed by atoms with Gasteiger partial charge in [-0.05, 0) is 25.7 Å². The number of hydrogen-bond donors (Lipinski definition) is 3.